The molecule has 0 unspecified atom stereocenters. The highest BCUT2D eigenvalue weighted by atomic mass is 32.2. The van der Waals surface area contributed by atoms with Crippen LogP contribution in [0.3, 0.4) is 0 Å². The van der Waals surface area contributed by atoms with E-state index in [4.69, 9.17) is 4.74 Å². The summed E-state index contributed by atoms with van der Waals surface area (Å²) in [6, 6.07) is 10.3. The second kappa shape index (κ2) is 8.77. The van der Waals surface area contributed by atoms with Crippen molar-refractivity contribution in [1.82, 2.24) is 8.87 Å². The minimum absolute atomic E-state index is 0.0534. The maximum absolute atomic E-state index is 14.7. The van der Waals surface area contributed by atoms with Crippen LogP contribution in [0, 0.1) is 5.82 Å². The molecule has 1 amide bonds. The number of carbonyl (C=O) groups excluding carboxylic acids is 1. The van der Waals surface area contributed by atoms with Crippen molar-refractivity contribution < 1.29 is 40.6 Å². The third kappa shape index (κ3) is 4.99. The number of fused-ring (bicyclic) bond motifs is 1. The number of hydrogen-bond acceptors (Lipinski definition) is 6. The van der Waals surface area contributed by atoms with Crippen LogP contribution in [0.5, 0.6) is 11.5 Å². The Morgan fingerprint density at radius 1 is 1.11 bits per heavy atom. The van der Waals surface area contributed by atoms with Crippen molar-refractivity contribution in [2.75, 3.05) is 7.05 Å². The van der Waals surface area contributed by atoms with Gasteiger partial charge in [0.2, 0.25) is 0 Å². The number of alkyl halides is 2. The Morgan fingerprint density at radius 3 is 2.47 bits per heavy atom. The van der Waals surface area contributed by atoms with Crippen molar-refractivity contribution in [3.63, 3.8) is 0 Å². The molecule has 2 heterocycles. The van der Waals surface area contributed by atoms with Gasteiger partial charge in [-0.05, 0) is 56.7 Å². The number of rotatable bonds is 5. The highest BCUT2D eigenvalue weighted by Gasteiger charge is 2.46. The number of halogens is 3. The number of hydrogen-bond donors (Lipinski definition) is 0. The molecule has 12 heteroatoms. The Bertz CT molecular complexity index is 1430. The number of amides is 1. The second-order valence-electron chi connectivity index (χ2n) is 9.10. The van der Waals surface area contributed by atoms with Crippen molar-refractivity contribution in [2.24, 2.45) is 0 Å². The molecule has 0 aliphatic carbocycles. The fourth-order valence-corrected chi connectivity index (χ4v) is 5.10. The molecule has 0 fully saturated rings. The lowest BCUT2D eigenvalue weighted by molar-refractivity contribution is -0.287. The summed E-state index contributed by atoms with van der Waals surface area (Å²) in [6.07, 6.45) is -3.51. The van der Waals surface area contributed by atoms with Gasteiger partial charge in [0.15, 0.2) is 11.5 Å². The van der Waals surface area contributed by atoms with Gasteiger partial charge >= 0.3 is 12.4 Å². The highest BCUT2D eigenvalue weighted by molar-refractivity contribution is 7.90. The lowest BCUT2D eigenvalue weighted by atomic mass is 10.1. The van der Waals surface area contributed by atoms with Crippen molar-refractivity contribution in [2.45, 2.75) is 44.1 Å². The Balaban J connectivity index is 1.81. The molecule has 36 heavy (non-hydrogen) atoms. The second-order valence-corrected chi connectivity index (χ2v) is 10.9. The Morgan fingerprint density at radius 2 is 1.81 bits per heavy atom. The highest BCUT2D eigenvalue weighted by Crippen LogP contribution is 2.46. The molecule has 0 saturated heterocycles. The lowest BCUT2D eigenvalue weighted by Gasteiger charge is -2.24. The zero-order chi connectivity index (χ0) is 26.5. The number of benzene rings is 2. The third-order valence-electron chi connectivity index (χ3n) is 5.05. The molecule has 192 valence electrons. The number of ether oxygens (including phenoxy) is 3. The molecule has 1 aromatic heterocycles. The zero-order valence-electron chi connectivity index (χ0n) is 19.8. The van der Waals surface area contributed by atoms with Gasteiger partial charge in [-0.15, -0.1) is 8.78 Å². The topological polar surface area (TPSA) is 87.1 Å². The largest absolute Gasteiger partial charge is 0.586 e. The number of nitrogens with zero attached hydrogens (tertiary/aromatic N) is 2. The smallest absolute Gasteiger partial charge is 0.444 e. The average Bonchev–Trinajstić information content (AvgIpc) is 3.32. The predicted molar refractivity (Wildman–Crippen MR) is 123 cm³/mol. The maximum atomic E-state index is 14.7. The summed E-state index contributed by atoms with van der Waals surface area (Å²) in [4.78, 5) is 13.0. The molecule has 4 rings (SSSR count). The standard InChI is InChI=1S/C24H23F3N2O6S/c1-23(2,3)35-22(30)28(4)13-15-12-18(16-8-5-6-9-17(16)25)29(14-15)36(31,32)20-11-7-10-19-21(20)34-24(26,27)33-19/h5-12,14H,13H2,1-4H3. The molecule has 2 aromatic carbocycles. The molecule has 0 N–H and O–H groups in total. The molecular weight excluding hydrogens is 501 g/mol. The summed E-state index contributed by atoms with van der Waals surface area (Å²) >= 11 is 0. The first-order valence-electron chi connectivity index (χ1n) is 10.7. The van der Waals surface area contributed by atoms with Crippen LogP contribution in [-0.2, 0) is 21.3 Å². The summed E-state index contributed by atoms with van der Waals surface area (Å²) < 4.78 is 84.4. The van der Waals surface area contributed by atoms with E-state index in [1.165, 1.54) is 48.5 Å². The van der Waals surface area contributed by atoms with Crippen LogP contribution < -0.4 is 9.47 Å². The van der Waals surface area contributed by atoms with Crippen LogP contribution in [0.15, 0.2) is 59.6 Å². The molecule has 0 spiro atoms. The predicted octanol–water partition coefficient (Wildman–Crippen LogP) is 5.22. The average molecular weight is 525 g/mol. The molecule has 0 atom stereocenters. The molecule has 0 saturated carbocycles. The maximum Gasteiger partial charge on any atom is 0.586 e. The van der Waals surface area contributed by atoms with Crippen LogP contribution in [0.2, 0.25) is 0 Å². The lowest BCUT2D eigenvalue weighted by Crippen LogP contribution is -2.33. The van der Waals surface area contributed by atoms with E-state index in [0.29, 0.717) is 5.56 Å². The van der Waals surface area contributed by atoms with Gasteiger partial charge in [0, 0.05) is 18.8 Å². The van der Waals surface area contributed by atoms with Crippen molar-refractivity contribution in [1.29, 1.82) is 0 Å². The number of para-hydroxylation sites is 1. The summed E-state index contributed by atoms with van der Waals surface area (Å²) in [5, 5.41) is 0. The van der Waals surface area contributed by atoms with E-state index in [1.54, 1.807) is 20.8 Å². The van der Waals surface area contributed by atoms with Crippen molar-refractivity contribution in [3.05, 3.63) is 66.1 Å². The van der Waals surface area contributed by atoms with Gasteiger partial charge < -0.3 is 19.1 Å². The molecule has 3 aromatic rings. The van der Waals surface area contributed by atoms with E-state index in [2.05, 4.69) is 9.47 Å². The normalized spacial score (nSPS) is 14.5. The van der Waals surface area contributed by atoms with E-state index in [-0.39, 0.29) is 17.8 Å². The summed E-state index contributed by atoms with van der Waals surface area (Å²) in [5.74, 6) is -1.82. The molecular formula is C24H23F3N2O6S. The summed E-state index contributed by atoms with van der Waals surface area (Å²) in [5.41, 5.74) is -0.567. The fourth-order valence-electron chi connectivity index (χ4n) is 3.58. The summed E-state index contributed by atoms with van der Waals surface area (Å²) in [7, 11) is -3.14. The van der Waals surface area contributed by atoms with E-state index in [9.17, 15) is 26.4 Å². The molecule has 0 bridgehead atoms. The fraction of sp³-hybridized carbons (Fsp3) is 0.292. The third-order valence-corrected chi connectivity index (χ3v) is 6.74. The van der Waals surface area contributed by atoms with Crippen LogP contribution in [0.4, 0.5) is 18.0 Å². The van der Waals surface area contributed by atoms with Gasteiger partial charge in [0.1, 0.15) is 16.3 Å². The molecule has 1 aliphatic rings. The van der Waals surface area contributed by atoms with Crippen LogP contribution >= 0.6 is 0 Å². The SMILES string of the molecule is CN(Cc1cc(-c2ccccc2F)n(S(=O)(=O)c2cccc3c2OC(F)(F)O3)c1)C(=O)OC(C)(C)C. The Kier molecular flexibility index (Phi) is 6.19. The van der Waals surface area contributed by atoms with Gasteiger partial charge in [-0.2, -0.15) is 0 Å². The van der Waals surface area contributed by atoms with E-state index in [0.717, 1.165) is 22.2 Å². The van der Waals surface area contributed by atoms with Gasteiger partial charge in [0.25, 0.3) is 10.0 Å². The van der Waals surface area contributed by atoms with E-state index in [1.807, 2.05) is 0 Å². The van der Waals surface area contributed by atoms with Gasteiger partial charge in [-0.1, -0.05) is 18.2 Å². The van der Waals surface area contributed by atoms with Crippen LogP contribution in [-0.4, -0.2) is 42.3 Å². The van der Waals surface area contributed by atoms with E-state index >= 15 is 0 Å². The van der Waals surface area contributed by atoms with Crippen molar-refractivity contribution in [3.8, 4) is 22.8 Å². The van der Waals surface area contributed by atoms with Gasteiger partial charge in [-0.25, -0.2) is 21.6 Å². The number of carbonyl (C=O) groups is 1. The zero-order valence-corrected chi connectivity index (χ0v) is 20.6. The molecule has 0 radical (unpaired) electrons. The number of aromatic nitrogens is 1. The van der Waals surface area contributed by atoms with Crippen LogP contribution in [0.1, 0.15) is 26.3 Å². The van der Waals surface area contributed by atoms with Crippen molar-refractivity contribution >= 4 is 16.1 Å². The van der Waals surface area contributed by atoms with Crippen LogP contribution in [0.25, 0.3) is 11.3 Å². The quantitative estimate of drug-likeness (QED) is 0.455. The Labute approximate surface area is 205 Å². The van der Waals surface area contributed by atoms with E-state index < -0.39 is 50.2 Å². The summed E-state index contributed by atoms with van der Waals surface area (Å²) in [6.45, 7) is 5.02. The first kappa shape index (κ1) is 25.4. The Hall–Kier alpha value is -3.67. The monoisotopic (exact) mass is 524 g/mol. The van der Waals surface area contributed by atoms with Gasteiger partial charge in [0.05, 0.1) is 12.2 Å². The molecule has 8 nitrogen and oxygen atoms in total. The van der Waals surface area contributed by atoms with Gasteiger partial charge in [-0.3, -0.25) is 0 Å². The first-order chi connectivity index (χ1) is 16.7. The molecule has 1 aliphatic heterocycles. The first-order valence-corrected chi connectivity index (χ1v) is 12.2. The minimum atomic E-state index is -4.60. The minimum Gasteiger partial charge on any atom is -0.444 e.